The molecule has 54 heavy (non-hydrogen) atoms. The topological polar surface area (TPSA) is 255 Å². The average Bonchev–Trinajstić information content (AvgIpc) is 3.06. The first kappa shape index (κ1) is 44.9. The Bertz CT molecular complexity index is 1380. The van der Waals surface area contributed by atoms with Gasteiger partial charge in [-0.1, -0.05) is 24.3 Å². The predicted molar refractivity (Wildman–Crippen MR) is 192 cm³/mol. The summed E-state index contributed by atoms with van der Waals surface area (Å²) in [6.07, 6.45) is 0.261. The lowest BCUT2D eigenvalue weighted by Crippen LogP contribution is -2.53. The largest absolute Gasteiger partial charge is 0.494 e. The first-order chi connectivity index (χ1) is 25.6. The maximum atomic E-state index is 12.0. The third-order valence-electron chi connectivity index (χ3n) is 8.19. The fourth-order valence-electron chi connectivity index (χ4n) is 5.99. The van der Waals surface area contributed by atoms with Gasteiger partial charge in [-0.15, -0.1) is 0 Å². The molecule has 0 heterocycles. The van der Waals surface area contributed by atoms with Crippen molar-refractivity contribution in [3.8, 4) is 11.5 Å². The molecule has 2 aromatic rings. The van der Waals surface area contributed by atoms with Gasteiger partial charge in [-0.2, -0.15) is 0 Å². The van der Waals surface area contributed by atoms with Crippen molar-refractivity contribution in [1.82, 2.24) is 19.6 Å². The Hall–Kier alpha value is -5.30. The van der Waals surface area contributed by atoms with Crippen LogP contribution in [0.15, 0.2) is 48.5 Å². The third-order valence-corrected chi connectivity index (χ3v) is 8.19. The molecular formula is C36H50N4O14. The van der Waals surface area contributed by atoms with Crippen molar-refractivity contribution in [2.45, 2.75) is 38.8 Å². The number of rotatable bonds is 29. The van der Waals surface area contributed by atoms with Gasteiger partial charge >= 0.3 is 35.8 Å². The number of hydrogen-bond donors (Lipinski definition) is 6. The molecule has 0 bridgehead atoms. The Kier molecular flexibility index (Phi) is 19.4. The first-order valence-electron chi connectivity index (χ1n) is 17.2. The van der Waals surface area contributed by atoms with Gasteiger partial charge in [0.05, 0.1) is 52.5 Å². The van der Waals surface area contributed by atoms with Gasteiger partial charge in [-0.05, 0) is 62.1 Å². The highest BCUT2D eigenvalue weighted by Gasteiger charge is 2.29. The maximum Gasteiger partial charge on any atom is 0.317 e. The zero-order chi connectivity index (χ0) is 40.2. The van der Waals surface area contributed by atoms with E-state index in [-0.39, 0.29) is 39.0 Å². The van der Waals surface area contributed by atoms with E-state index in [4.69, 9.17) is 9.47 Å². The highest BCUT2D eigenvalue weighted by molar-refractivity contribution is 5.73. The third kappa shape index (κ3) is 18.0. The van der Waals surface area contributed by atoms with Gasteiger partial charge in [0.25, 0.3) is 0 Å². The van der Waals surface area contributed by atoms with Crippen molar-refractivity contribution in [2.75, 3.05) is 78.7 Å². The van der Waals surface area contributed by atoms with Crippen LogP contribution in [0.5, 0.6) is 11.5 Å². The van der Waals surface area contributed by atoms with Crippen LogP contribution in [-0.2, 0) is 41.6 Å². The van der Waals surface area contributed by atoms with Gasteiger partial charge in [-0.3, -0.25) is 48.4 Å². The minimum absolute atomic E-state index is 0.0824. The van der Waals surface area contributed by atoms with Crippen LogP contribution in [0.3, 0.4) is 0 Å². The molecule has 18 nitrogen and oxygen atoms in total. The zero-order valence-electron chi connectivity index (χ0n) is 30.4. The molecule has 0 fully saturated rings. The molecule has 0 aromatic heterocycles. The number of benzene rings is 2. The van der Waals surface area contributed by atoms with Gasteiger partial charge in [0.15, 0.2) is 0 Å². The SMILES string of the molecule is CCOc1ccc(C[C@@H](CN(CCN(CC(=O)O)C[C@H](Cc2ccc(OCC)cc2)N(CC(=O)O)CC(=O)O)CC(=O)O)N(CC(=O)O)CC(=O)O)cc1. The van der Waals surface area contributed by atoms with Gasteiger partial charge in [0, 0.05) is 38.3 Å². The van der Waals surface area contributed by atoms with Crippen LogP contribution in [-0.4, -0.2) is 177 Å². The predicted octanol–water partition coefficient (Wildman–Crippen LogP) is 0.722. The summed E-state index contributed by atoms with van der Waals surface area (Å²) in [6.45, 7) is 0.327. The molecule has 0 saturated carbocycles. The fourth-order valence-corrected chi connectivity index (χ4v) is 5.99. The summed E-state index contributed by atoms with van der Waals surface area (Å²) in [5.74, 6) is -6.50. The van der Waals surface area contributed by atoms with Gasteiger partial charge < -0.3 is 40.1 Å². The lowest BCUT2D eigenvalue weighted by atomic mass is 10.0. The number of ether oxygens (including phenoxy) is 2. The van der Waals surface area contributed by atoms with E-state index in [2.05, 4.69) is 0 Å². The summed E-state index contributed by atoms with van der Waals surface area (Å²) >= 11 is 0. The number of carboxylic acids is 6. The van der Waals surface area contributed by atoms with Crippen molar-refractivity contribution in [2.24, 2.45) is 0 Å². The van der Waals surface area contributed by atoms with Crippen molar-refractivity contribution in [3.63, 3.8) is 0 Å². The minimum Gasteiger partial charge on any atom is -0.494 e. The first-order valence-corrected chi connectivity index (χ1v) is 17.2. The van der Waals surface area contributed by atoms with Crippen molar-refractivity contribution >= 4 is 35.8 Å². The van der Waals surface area contributed by atoms with Gasteiger partial charge in [0.1, 0.15) is 11.5 Å². The second-order valence-corrected chi connectivity index (χ2v) is 12.5. The molecular weight excluding hydrogens is 712 g/mol. The molecule has 18 heteroatoms. The van der Waals surface area contributed by atoms with E-state index >= 15 is 0 Å². The Balaban J connectivity index is 2.46. The van der Waals surface area contributed by atoms with E-state index in [0.717, 1.165) is 0 Å². The molecule has 0 spiro atoms. The van der Waals surface area contributed by atoms with Crippen LogP contribution >= 0.6 is 0 Å². The molecule has 0 amide bonds. The van der Waals surface area contributed by atoms with Crippen LogP contribution in [0.4, 0.5) is 0 Å². The average molecular weight is 763 g/mol. The van der Waals surface area contributed by atoms with Crippen LogP contribution < -0.4 is 9.47 Å². The Morgan fingerprint density at radius 1 is 0.481 bits per heavy atom. The van der Waals surface area contributed by atoms with Gasteiger partial charge in [0.2, 0.25) is 0 Å². The molecule has 6 N–H and O–H groups in total. The smallest absolute Gasteiger partial charge is 0.317 e. The van der Waals surface area contributed by atoms with E-state index in [9.17, 15) is 59.4 Å². The van der Waals surface area contributed by atoms with E-state index in [0.29, 0.717) is 35.8 Å². The summed E-state index contributed by atoms with van der Waals surface area (Å²) in [7, 11) is 0. The summed E-state index contributed by atoms with van der Waals surface area (Å²) in [5, 5.41) is 58.1. The fraction of sp³-hybridized carbons (Fsp3) is 0.500. The zero-order valence-corrected chi connectivity index (χ0v) is 30.4. The molecule has 298 valence electrons. The molecule has 2 rings (SSSR count). The van der Waals surface area contributed by atoms with Gasteiger partial charge in [-0.25, -0.2) is 0 Å². The number of carbonyl (C=O) groups is 6. The van der Waals surface area contributed by atoms with Crippen molar-refractivity contribution in [1.29, 1.82) is 0 Å². The minimum atomic E-state index is -1.30. The van der Waals surface area contributed by atoms with Crippen molar-refractivity contribution < 1.29 is 68.9 Å². The van der Waals surface area contributed by atoms with E-state index in [1.165, 1.54) is 19.6 Å². The Labute approximate surface area is 312 Å². The maximum absolute atomic E-state index is 12.0. The summed E-state index contributed by atoms with van der Waals surface area (Å²) in [6, 6.07) is 12.1. The summed E-state index contributed by atoms with van der Waals surface area (Å²) < 4.78 is 11.0. The van der Waals surface area contributed by atoms with Crippen LogP contribution in [0.2, 0.25) is 0 Å². The molecule has 2 aromatic carbocycles. The van der Waals surface area contributed by atoms with E-state index < -0.39 is 87.2 Å². The number of aliphatic carboxylic acids is 6. The normalized spacial score (nSPS) is 12.5. The van der Waals surface area contributed by atoms with E-state index in [1.807, 2.05) is 13.8 Å². The van der Waals surface area contributed by atoms with E-state index in [1.54, 1.807) is 48.5 Å². The van der Waals surface area contributed by atoms with Crippen LogP contribution in [0, 0.1) is 0 Å². The van der Waals surface area contributed by atoms with Crippen LogP contribution in [0.1, 0.15) is 25.0 Å². The summed E-state index contributed by atoms with van der Waals surface area (Å²) in [5.41, 5.74) is 1.39. The molecule has 2 atom stereocenters. The second-order valence-electron chi connectivity index (χ2n) is 12.5. The number of hydrogen-bond acceptors (Lipinski definition) is 12. The Morgan fingerprint density at radius 3 is 1.00 bits per heavy atom. The van der Waals surface area contributed by atoms with Crippen LogP contribution in [0.25, 0.3) is 0 Å². The standard InChI is InChI=1S/C36H50N4O14/c1-3-53-29-9-5-25(6-10-29)15-27(39(21-33(45)46)22-34(47)48)17-37(19-31(41)42)13-14-38(20-32(43)44)18-28(40(23-35(49)50)24-36(51)52)16-26-7-11-30(12-8-26)54-4-2/h5-12,27-28H,3-4,13-24H2,1-2H3,(H,41,42)(H,43,44)(H,45,46)(H,47,48)(H,49,50)(H,51,52)/t27-,28-/m0/s1. The van der Waals surface area contributed by atoms with Crippen molar-refractivity contribution in [3.05, 3.63) is 59.7 Å². The lowest BCUT2D eigenvalue weighted by Gasteiger charge is -2.36. The number of nitrogens with zero attached hydrogens (tertiary/aromatic N) is 4. The monoisotopic (exact) mass is 762 g/mol. The molecule has 0 aliphatic heterocycles. The molecule has 0 saturated heterocycles. The molecule has 0 radical (unpaired) electrons. The lowest BCUT2D eigenvalue weighted by molar-refractivity contribution is -0.145. The number of carboxylic acid groups (broad SMARTS) is 6. The molecule has 0 aliphatic rings. The molecule has 0 unspecified atom stereocenters. The quantitative estimate of drug-likeness (QED) is 0.0668. The summed E-state index contributed by atoms with van der Waals surface area (Å²) in [4.78, 5) is 76.7. The highest BCUT2D eigenvalue weighted by atomic mass is 16.5. The highest BCUT2D eigenvalue weighted by Crippen LogP contribution is 2.18. The Morgan fingerprint density at radius 2 is 0.759 bits per heavy atom. The molecule has 0 aliphatic carbocycles. The second kappa shape index (κ2) is 23.4.